The molecule has 1 unspecified atom stereocenters. The summed E-state index contributed by atoms with van der Waals surface area (Å²) in [7, 11) is -3.64. The average molecular weight is 344 g/mol. The third-order valence-corrected chi connectivity index (χ3v) is 6.33. The molecule has 1 aliphatic rings. The van der Waals surface area contributed by atoms with Crippen molar-refractivity contribution in [2.24, 2.45) is 0 Å². The van der Waals surface area contributed by atoms with Gasteiger partial charge in [-0.3, -0.25) is 4.98 Å². The van der Waals surface area contributed by atoms with Crippen molar-refractivity contribution in [3.8, 4) is 0 Å². The van der Waals surface area contributed by atoms with Crippen LogP contribution in [0.25, 0.3) is 11.0 Å². The van der Waals surface area contributed by atoms with Gasteiger partial charge in [0.05, 0.1) is 0 Å². The highest BCUT2D eigenvalue weighted by Crippen LogP contribution is 2.31. The number of hydrogen-bond donors (Lipinski definition) is 0. The van der Waals surface area contributed by atoms with Crippen molar-refractivity contribution in [1.82, 2.24) is 19.6 Å². The van der Waals surface area contributed by atoms with Crippen LogP contribution < -0.4 is 0 Å². The quantitative estimate of drug-likeness (QED) is 0.723. The Kier molecular flexibility index (Phi) is 3.78. The van der Waals surface area contributed by atoms with Gasteiger partial charge in [-0.05, 0) is 58.9 Å². The van der Waals surface area contributed by atoms with E-state index in [1.165, 1.54) is 4.31 Å². The summed E-state index contributed by atoms with van der Waals surface area (Å²) in [5.41, 5.74) is 1.84. The summed E-state index contributed by atoms with van der Waals surface area (Å²) in [6, 6.07) is 8.79. The van der Waals surface area contributed by atoms with Crippen LogP contribution in [0, 0.1) is 0 Å². The molecule has 24 heavy (non-hydrogen) atoms. The molecule has 124 valence electrons. The third kappa shape index (κ3) is 2.57. The van der Waals surface area contributed by atoms with Crippen LogP contribution in [0.5, 0.6) is 0 Å². The Labute approximate surface area is 139 Å². The van der Waals surface area contributed by atoms with Gasteiger partial charge in [0.15, 0.2) is 5.52 Å². The molecule has 8 heteroatoms. The molecule has 0 bridgehead atoms. The maximum atomic E-state index is 13.1. The number of benzene rings is 1. The first-order chi connectivity index (χ1) is 11.7. The summed E-state index contributed by atoms with van der Waals surface area (Å²) in [6.07, 6.45) is 5.26. The number of sulfonamides is 1. The molecule has 0 saturated carbocycles. The Hall–Kier alpha value is -2.32. The lowest BCUT2D eigenvalue weighted by molar-refractivity contribution is 0.312. The molecular formula is C16H16N4O3S. The third-order valence-electron chi connectivity index (χ3n) is 4.43. The van der Waals surface area contributed by atoms with Gasteiger partial charge in [0.25, 0.3) is 0 Å². The van der Waals surface area contributed by atoms with E-state index in [9.17, 15) is 8.42 Å². The predicted octanol–water partition coefficient (Wildman–Crippen LogP) is 2.19. The van der Waals surface area contributed by atoms with Gasteiger partial charge in [0, 0.05) is 25.5 Å². The predicted molar refractivity (Wildman–Crippen MR) is 86.8 cm³/mol. The maximum Gasteiger partial charge on any atom is 0.245 e. The van der Waals surface area contributed by atoms with Crippen LogP contribution in [-0.4, -0.2) is 41.1 Å². The molecule has 0 aliphatic carbocycles. The van der Waals surface area contributed by atoms with Crippen LogP contribution in [0.1, 0.15) is 24.3 Å². The van der Waals surface area contributed by atoms with Crippen LogP contribution in [0.3, 0.4) is 0 Å². The van der Waals surface area contributed by atoms with E-state index < -0.39 is 10.0 Å². The molecule has 1 fully saturated rings. The van der Waals surface area contributed by atoms with Crippen LogP contribution in [0.2, 0.25) is 0 Å². The lowest BCUT2D eigenvalue weighted by Gasteiger charge is -2.32. The fourth-order valence-corrected chi connectivity index (χ4v) is 4.86. The van der Waals surface area contributed by atoms with Crippen molar-refractivity contribution in [3.05, 3.63) is 48.3 Å². The molecule has 0 radical (unpaired) electrons. The summed E-state index contributed by atoms with van der Waals surface area (Å²) in [4.78, 5) is 4.18. The Morgan fingerprint density at radius 2 is 1.96 bits per heavy atom. The van der Waals surface area contributed by atoms with E-state index in [-0.39, 0.29) is 16.3 Å². The molecule has 1 saturated heterocycles. The minimum Gasteiger partial charge on any atom is -0.265 e. The molecule has 0 spiro atoms. The molecule has 1 aliphatic heterocycles. The molecule has 0 amide bonds. The maximum absolute atomic E-state index is 13.1. The first-order valence-electron chi connectivity index (χ1n) is 7.77. The molecule has 2 aromatic heterocycles. The van der Waals surface area contributed by atoms with Gasteiger partial charge < -0.3 is 0 Å². The summed E-state index contributed by atoms with van der Waals surface area (Å²) in [6.45, 7) is 0.958. The zero-order chi connectivity index (χ0) is 16.6. The summed E-state index contributed by atoms with van der Waals surface area (Å²) in [5.74, 6) is 0.172. The smallest absolute Gasteiger partial charge is 0.245 e. The second-order valence-corrected chi connectivity index (χ2v) is 7.78. The fourth-order valence-electron chi connectivity index (χ4n) is 3.20. The lowest BCUT2D eigenvalue weighted by Crippen LogP contribution is -2.39. The van der Waals surface area contributed by atoms with E-state index in [0.29, 0.717) is 18.6 Å². The number of piperidine rings is 1. The second-order valence-electron chi connectivity index (χ2n) is 5.87. The zero-order valence-electron chi connectivity index (χ0n) is 12.9. The van der Waals surface area contributed by atoms with Crippen LogP contribution in [-0.2, 0) is 10.0 Å². The van der Waals surface area contributed by atoms with E-state index in [2.05, 4.69) is 19.9 Å². The Balaban J connectivity index is 1.68. The van der Waals surface area contributed by atoms with Crippen molar-refractivity contribution >= 4 is 21.1 Å². The van der Waals surface area contributed by atoms with Gasteiger partial charge in [0.1, 0.15) is 10.4 Å². The Bertz CT molecular complexity index is 956. The summed E-state index contributed by atoms with van der Waals surface area (Å²) in [5, 5.41) is 7.48. The molecule has 1 aromatic carbocycles. The monoisotopic (exact) mass is 344 g/mol. The SMILES string of the molecule is O=S(=O)(c1cccc2nonc12)N1CCCC(c2ccncc2)C1. The van der Waals surface area contributed by atoms with Gasteiger partial charge >= 0.3 is 0 Å². The number of aromatic nitrogens is 3. The van der Waals surface area contributed by atoms with E-state index in [4.69, 9.17) is 0 Å². The highest BCUT2D eigenvalue weighted by molar-refractivity contribution is 7.89. The van der Waals surface area contributed by atoms with Crippen molar-refractivity contribution in [3.63, 3.8) is 0 Å². The van der Waals surface area contributed by atoms with Gasteiger partial charge in [-0.2, -0.15) is 4.31 Å². The van der Waals surface area contributed by atoms with Gasteiger partial charge in [-0.25, -0.2) is 13.0 Å². The fraction of sp³-hybridized carbons (Fsp3) is 0.312. The minimum atomic E-state index is -3.64. The van der Waals surface area contributed by atoms with Crippen molar-refractivity contribution in [2.45, 2.75) is 23.7 Å². The molecule has 0 N–H and O–H groups in total. The standard InChI is InChI=1S/C16H16N4O3S/c21-24(22,15-5-1-4-14-16(15)19-23-18-14)20-10-2-3-13(11-20)12-6-8-17-9-7-12/h1,4-9,13H,2-3,10-11H2. The zero-order valence-corrected chi connectivity index (χ0v) is 13.7. The van der Waals surface area contributed by atoms with Crippen LogP contribution >= 0.6 is 0 Å². The number of nitrogens with zero attached hydrogens (tertiary/aromatic N) is 4. The highest BCUT2D eigenvalue weighted by Gasteiger charge is 2.32. The van der Waals surface area contributed by atoms with Crippen molar-refractivity contribution in [1.29, 1.82) is 0 Å². The molecule has 4 rings (SSSR count). The largest absolute Gasteiger partial charge is 0.265 e. The first kappa shape index (κ1) is 15.2. The Morgan fingerprint density at radius 1 is 1.12 bits per heavy atom. The number of fused-ring (bicyclic) bond motifs is 1. The highest BCUT2D eigenvalue weighted by atomic mass is 32.2. The molecular weight excluding hydrogens is 328 g/mol. The normalized spacial score (nSPS) is 19.6. The lowest BCUT2D eigenvalue weighted by atomic mass is 9.92. The van der Waals surface area contributed by atoms with Gasteiger partial charge in [0.2, 0.25) is 10.0 Å². The van der Waals surface area contributed by atoms with Crippen LogP contribution in [0.15, 0.2) is 52.3 Å². The van der Waals surface area contributed by atoms with Crippen molar-refractivity contribution < 1.29 is 13.0 Å². The first-order valence-corrected chi connectivity index (χ1v) is 9.21. The Morgan fingerprint density at radius 3 is 2.79 bits per heavy atom. The topological polar surface area (TPSA) is 89.2 Å². The summed E-state index contributed by atoms with van der Waals surface area (Å²) < 4.78 is 32.4. The number of rotatable bonds is 3. The molecule has 3 heterocycles. The number of hydrogen-bond acceptors (Lipinski definition) is 6. The summed E-state index contributed by atoms with van der Waals surface area (Å²) >= 11 is 0. The van der Waals surface area contributed by atoms with E-state index in [1.54, 1.807) is 30.6 Å². The minimum absolute atomic E-state index is 0.150. The molecule has 3 aromatic rings. The van der Waals surface area contributed by atoms with Crippen LogP contribution in [0.4, 0.5) is 0 Å². The van der Waals surface area contributed by atoms with E-state index in [0.717, 1.165) is 18.4 Å². The van der Waals surface area contributed by atoms with Crippen molar-refractivity contribution in [2.75, 3.05) is 13.1 Å². The van der Waals surface area contributed by atoms with E-state index >= 15 is 0 Å². The average Bonchev–Trinajstić information content (AvgIpc) is 3.11. The van der Waals surface area contributed by atoms with Gasteiger partial charge in [-0.15, -0.1) is 0 Å². The molecule has 7 nitrogen and oxygen atoms in total. The molecule has 1 atom stereocenters. The number of pyridine rings is 1. The van der Waals surface area contributed by atoms with E-state index in [1.807, 2.05) is 12.1 Å². The van der Waals surface area contributed by atoms with Gasteiger partial charge in [-0.1, -0.05) is 6.07 Å². The second kappa shape index (κ2) is 5.95.